The van der Waals surface area contributed by atoms with Gasteiger partial charge in [-0.1, -0.05) is 6.07 Å². The van der Waals surface area contributed by atoms with Crippen molar-refractivity contribution in [2.75, 3.05) is 18.1 Å². The molecule has 1 aromatic carbocycles. The number of nitrogens with one attached hydrogen (secondary N) is 1. The molecule has 0 spiro atoms. The Labute approximate surface area is 89.4 Å². The van der Waals surface area contributed by atoms with Crippen LogP contribution in [-0.4, -0.2) is 21.2 Å². The summed E-state index contributed by atoms with van der Waals surface area (Å²) < 4.78 is 27.0. The molecule has 0 radical (unpaired) electrons. The maximum atomic E-state index is 11.0. The van der Waals surface area contributed by atoms with E-state index in [1.165, 1.54) is 0 Å². The lowest BCUT2D eigenvalue weighted by molar-refractivity contribution is 0.489. The highest BCUT2D eigenvalue weighted by Gasteiger charge is 2.15. The molecule has 1 aromatic rings. The van der Waals surface area contributed by atoms with Crippen molar-refractivity contribution in [3.63, 3.8) is 0 Å². The van der Waals surface area contributed by atoms with Gasteiger partial charge >= 0.3 is 10.1 Å². The Kier molecular flexibility index (Phi) is 2.56. The first kappa shape index (κ1) is 10.3. The number of fused-ring (bicyclic) bond motifs is 1. The monoisotopic (exact) mass is 227 g/mol. The Morgan fingerprint density at radius 3 is 2.93 bits per heavy atom. The number of hydrogen-bond acceptors (Lipinski definition) is 4. The largest absolute Gasteiger partial charge is 0.385 e. The molecule has 15 heavy (non-hydrogen) atoms. The zero-order valence-corrected chi connectivity index (χ0v) is 9.30. The molecule has 0 bridgehead atoms. The van der Waals surface area contributed by atoms with Crippen molar-refractivity contribution in [2.24, 2.45) is 0 Å². The van der Waals surface area contributed by atoms with Crippen LogP contribution in [0.3, 0.4) is 0 Å². The minimum absolute atomic E-state index is 0.446. The molecule has 5 heteroatoms. The van der Waals surface area contributed by atoms with Gasteiger partial charge in [0.05, 0.1) is 6.26 Å². The smallest absolute Gasteiger partial charge is 0.306 e. The topological polar surface area (TPSA) is 55.4 Å². The molecule has 0 aliphatic carbocycles. The van der Waals surface area contributed by atoms with E-state index >= 15 is 0 Å². The van der Waals surface area contributed by atoms with Crippen LogP contribution in [0.4, 0.5) is 5.69 Å². The van der Waals surface area contributed by atoms with Crippen molar-refractivity contribution in [1.82, 2.24) is 0 Å². The van der Waals surface area contributed by atoms with E-state index in [0.29, 0.717) is 5.75 Å². The molecule has 0 fully saturated rings. The first-order chi connectivity index (χ1) is 7.06. The number of hydrogen-bond donors (Lipinski definition) is 1. The van der Waals surface area contributed by atoms with Gasteiger partial charge in [0.15, 0.2) is 0 Å². The van der Waals surface area contributed by atoms with Crippen LogP contribution >= 0.6 is 0 Å². The van der Waals surface area contributed by atoms with Gasteiger partial charge in [0.25, 0.3) is 0 Å². The summed E-state index contributed by atoms with van der Waals surface area (Å²) in [5.41, 5.74) is 1.93. The second-order valence-electron chi connectivity index (χ2n) is 3.60. The van der Waals surface area contributed by atoms with Gasteiger partial charge in [0, 0.05) is 17.8 Å². The van der Waals surface area contributed by atoms with Crippen molar-refractivity contribution in [2.45, 2.75) is 12.8 Å². The fraction of sp³-hybridized carbons (Fsp3) is 0.400. The van der Waals surface area contributed by atoms with Crippen molar-refractivity contribution < 1.29 is 12.6 Å². The van der Waals surface area contributed by atoms with E-state index in [9.17, 15) is 8.42 Å². The van der Waals surface area contributed by atoms with E-state index in [0.717, 1.165) is 36.9 Å². The molecular formula is C10H13NO3S. The standard InChI is InChI=1S/C10H13NO3S/c1-15(12,13)14-10-6-2-5-9-8(10)4-3-7-11-9/h2,5-6,11H,3-4,7H2,1H3. The molecule has 1 N–H and O–H groups in total. The summed E-state index contributed by atoms with van der Waals surface area (Å²) in [5, 5.41) is 3.21. The fourth-order valence-electron chi connectivity index (χ4n) is 1.72. The van der Waals surface area contributed by atoms with Crippen LogP contribution in [0.2, 0.25) is 0 Å². The quantitative estimate of drug-likeness (QED) is 0.776. The van der Waals surface area contributed by atoms with Gasteiger partial charge in [-0.3, -0.25) is 0 Å². The highest BCUT2D eigenvalue weighted by atomic mass is 32.2. The lowest BCUT2D eigenvalue weighted by atomic mass is 10.0. The highest BCUT2D eigenvalue weighted by Crippen LogP contribution is 2.31. The van der Waals surface area contributed by atoms with E-state index in [-0.39, 0.29) is 0 Å². The Hall–Kier alpha value is -1.23. The molecule has 4 nitrogen and oxygen atoms in total. The van der Waals surface area contributed by atoms with E-state index in [2.05, 4.69) is 5.32 Å². The Bertz CT molecular complexity index is 468. The van der Waals surface area contributed by atoms with Crippen LogP contribution in [0.5, 0.6) is 5.75 Å². The highest BCUT2D eigenvalue weighted by molar-refractivity contribution is 7.86. The van der Waals surface area contributed by atoms with Gasteiger partial charge in [-0.2, -0.15) is 8.42 Å². The molecule has 0 saturated carbocycles. The first-order valence-corrected chi connectivity index (χ1v) is 6.63. The molecule has 1 heterocycles. The van der Waals surface area contributed by atoms with E-state index < -0.39 is 10.1 Å². The van der Waals surface area contributed by atoms with Crippen LogP contribution in [-0.2, 0) is 16.5 Å². The Morgan fingerprint density at radius 2 is 2.20 bits per heavy atom. The number of benzene rings is 1. The van der Waals surface area contributed by atoms with Gasteiger partial charge in [0.1, 0.15) is 5.75 Å². The van der Waals surface area contributed by atoms with Gasteiger partial charge in [-0.05, 0) is 25.0 Å². The second-order valence-corrected chi connectivity index (χ2v) is 5.17. The van der Waals surface area contributed by atoms with Gasteiger partial charge in [-0.25, -0.2) is 0 Å². The van der Waals surface area contributed by atoms with E-state index in [1.807, 2.05) is 6.07 Å². The lowest BCUT2D eigenvalue weighted by Gasteiger charge is -2.20. The average molecular weight is 227 g/mol. The molecule has 82 valence electrons. The molecule has 0 unspecified atom stereocenters. The van der Waals surface area contributed by atoms with Gasteiger partial charge < -0.3 is 9.50 Å². The molecule has 0 aromatic heterocycles. The van der Waals surface area contributed by atoms with Crippen LogP contribution in [0.25, 0.3) is 0 Å². The third kappa shape index (κ3) is 2.41. The summed E-state index contributed by atoms with van der Waals surface area (Å²) in [4.78, 5) is 0. The molecule has 0 amide bonds. The van der Waals surface area contributed by atoms with Crippen molar-refractivity contribution in [1.29, 1.82) is 0 Å². The molecule has 1 aliphatic rings. The summed E-state index contributed by atoms with van der Waals surface area (Å²) in [6.07, 6.45) is 2.91. The van der Waals surface area contributed by atoms with Crippen LogP contribution in [0.15, 0.2) is 18.2 Å². The SMILES string of the molecule is CS(=O)(=O)Oc1cccc2c1CCCN2. The van der Waals surface area contributed by atoms with Crippen LogP contribution in [0.1, 0.15) is 12.0 Å². The van der Waals surface area contributed by atoms with Crippen molar-refractivity contribution >= 4 is 15.8 Å². The second kappa shape index (κ2) is 3.73. The maximum Gasteiger partial charge on any atom is 0.306 e. The first-order valence-electron chi connectivity index (χ1n) is 4.81. The Morgan fingerprint density at radius 1 is 1.40 bits per heavy atom. The third-order valence-electron chi connectivity index (χ3n) is 2.29. The van der Waals surface area contributed by atoms with Gasteiger partial charge in [0.2, 0.25) is 0 Å². The molecule has 2 rings (SSSR count). The Balaban J connectivity index is 2.39. The third-order valence-corrected chi connectivity index (χ3v) is 2.78. The number of anilines is 1. The minimum Gasteiger partial charge on any atom is -0.385 e. The predicted octanol–water partition coefficient (Wildman–Crippen LogP) is 1.38. The number of rotatable bonds is 2. The zero-order valence-electron chi connectivity index (χ0n) is 8.49. The lowest BCUT2D eigenvalue weighted by Crippen LogP contribution is -2.14. The fourth-order valence-corrected chi connectivity index (χ4v) is 2.20. The summed E-state index contributed by atoms with van der Waals surface area (Å²) >= 11 is 0. The molecule has 1 aliphatic heterocycles. The molecule has 0 saturated heterocycles. The molecule has 0 atom stereocenters. The average Bonchev–Trinajstić information content (AvgIpc) is 2.16. The van der Waals surface area contributed by atoms with E-state index in [1.54, 1.807) is 12.1 Å². The predicted molar refractivity (Wildman–Crippen MR) is 58.7 cm³/mol. The summed E-state index contributed by atoms with van der Waals surface area (Å²) in [6.45, 7) is 0.926. The van der Waals surface area contributed by atoms with E-state index in [4.69, 9.17) is 4.18 Å². The zero-order chi connectivity index (χ0) is 10.9. The van der Waals surface area contributed by atoms with Crippen molar-refractivity contribution in [3.05, 3.63) is 23.8 Å². The molecular weight excluding hydrogens is 214 g/mol. The summed E-state index contributed by atoms with van der Waals surface area (Å²) in [7, 11) is -3.44. The van der Waals surface area contributed by atoms with Crippen LogP contribution in [0, 0.1) is 0 Å². The summed E-state index contributed by atoms with van der Waals surface area (Å²) in [5.74, 6) is 0.446. The minimum atomic E-state index is -3.44. The summed E-state index contributed by atoms with van der Waals surface area (Å²) in [6, 6.07) is 5.41. The van der Waals surface area contributed by atoms with Gasteiger partial charge in [-0.15, -0.1) is 0 Å². The normalized spacial score (nSPS) is 15.3. The maximum absolute atomic E-state index is 11.0. The van der Waals surface area contributed by atoms with Crippen LogP contribution < -0.4 is 9.50 Å². The van der Waals surface area contributed by atoms with Crippen molar-refractivity contribution in [3.8, 4) is 5.75 Å².